The first-order chi connectivity index (χ1) is 10.2. The second-order valence-electron chi connectivity index (χ2n) is 5.60. The maximum absolute atomic E-state index is 11.3. The van der Waals surface area contributed by atoms with E-state index in [4.69, 9.17) is 0 Å². The molecule has 2 aliphatic heterocycles. The Hall–Kier alpha value is -2.01. The highest BCUT2D eigenvalue weighted by Gasteiger charge is 2.21. The second-order valence-corrected chi connectivity index (χ2v) is 5.60. The molecule has 112 valence electrons. The van der Waals surface area contributed by atoms with Gasteiger partial charge in [0, 0.05) is 49.7 Å². The summed E-state index contributed by atoms with van der Waals surface area (Å²) < 4.78 is 0. The highest BCUT2D eigenvalue weighted by atomic mass is 16.1. The molecule has 3 N–H and O–H groups in total. The Morgan fingerprint density at radius 1 is 1.29 bits per heavy atom. The maximum Gasteiger partial charge on any atom is 0.224 e. The smallest absolute Gasteiger partial charge is 0.224 e. The zero-order chi connectivity index (χ0) is 14.7. The normalized spacial score (nSPS) is 22.9. The molecule has 0 radical (unpaired) electrons. The number of nitrogens with one attached hydrogen (secondary N) is 3. The molecule has 3 rings (SSSR count). The van der Waals surface area contributed by atoms with Gasteiger partial charge in [0.15, 0.2) is 0 Å². The Morgan fingerprint density at radius 2 is 2.10 bits per heavy atom. The van der Waals surface area contributed by atoms with Gasteiger partial charge in [-0.05, 0) is 24.6 Å². The molecule has 2 heterocycles. The van der Waals surface area contributed by atoms with E-state index in [1.807, 2.05) is 0 Å². The molecule has 0 spiro atoms. The SMILES string of the molecule is C=C1NC(=O)CCC1Nc1cccc(N2CCNCC2)c1. The minimum atomic E-state index is 0.0626. The number of anilines is 2. The fourth-order valence-electron chi connectivity index (χ4n) is 2.85. The molecule has 1 unspecified atom stereocenters. The van der Waals surface area contributed by atoms with Crippen LogP contribution in [0.5, 0.6) is 0 Å². The Labute approximate surface area is 125 Å². The molecule has 2 fully saturated rings. The van der Waals surface area contributed by atoms with E-state index in [-0.39, 0.29) is 11.9 Å². The highest BCUT2D eigenvalue weighted by Crippen LogP contribution is 2.23. The molecule has 1 atom stereocenters. The number of rotatable bonds is 3. The average Bonchev–Trinajstić information content (AvgIpc) is 2.51. The van der Waals surface area contributed by atoms with Gasteiger partial charge in [0.2, 0.25) is 5.91 Å². The van der Waals surface area contributed by atoms with Gasteiger partial charge in [-0.25, -0.2) is 0 Å². The summed E-state index contributed by atoms with van der Waals surface area (Å²) in [5.74, 6) is 0.0626. The Balaban J connectivity index is 1.68. The summed E-state index contributed by atoms with van der Waals surface area (Å²) >= 11 is 0. The van der Waals surface area contributed by atoms with Crippen molar-refractivity contribution in [3.8, 4) is 0 Å². The van der Waals surface area contributed by atoms with Gasteiger partial charge in [-0.2, -0.15) is 0 Å². The zero-order valence-electron chi connectivity index (χ0n) is 12.2. The fraction of sp³-hybridized carbons (Fsp3) is 0.438. The molecule has 0 saturated carbocycles. The number of amides is 1. The topological polar surface area (TPSA) is 56.4 Å². The third kappa shape index (κ3) is 3.36. The van der Waals surface area contributed by atoms with E-state index in [0.29, 0.717) is 6.42 Å². The van der Waals surface area contributed by atoms with E-state index in [9.17, 15) is 4.79 Å². The first-order valence-corrected chi connectivity index (χ1v) is 7.53. The van der Waals surface area contributed by atoms with Gasteiger partial charge in [0.1, 0.15) is 0 Å². The van der Waals surface area contributed by atoms with Crippen LogP contribution in [0, 0.1) is 0 Å². The summed E-state index contributed by atoms with van der Waals surface area (Å²) in [5.41, 5.74) is 3.08. The van der Waals surface area contributed by atoms with E-state index in [1.165, 1.54) is 5.69 Å². The van der Waals surface area contributed by atoms with Crippen molar-refractivity contribution in [1.29, 1.82) is 0 Å². The lowest BCUT2D eigenvalue weighted by Crippen LogP contribution is -2.43. The van der Waals surface area contributed by atoms with Gasteiger partial charge in [0.05, 0.1) is 6.04 Å². The van der Waals surface area contributed by atoms with Crippen LogP contribution in [-0.2, 0) is 4.79 Å². The van der Waals surface area contributed by atoms with Gasteiger partial charge >= 0.3 is 0 Å². The molecule has 1 aromatic rings. The van der Waals surface area contributed by atoms with Crippen LogP contribution in [0.1, 0.15) is 12.8 Å². The molecular weight excluding hydrogens is 264 g/mol. The van der Waals surface area contributed by atoms with Gasteiger partial charge in [0.25, 0.3) is 0 Å². The molecule has 0 aliphatic carbocycles. The molecule has 5 nitrogen and oxygen atoms in total. The van der Waals surface area contributed by atoms with Crippen LogP contribution in [0.2, 0.25) is 0 Å². The van der Waals surface area contributed by atoms with Crippen LogP contribution in [0.4, 0.5) is 11.4 Å². The standard InChI is InChI=1S/C16H22N4O/c1-12-15(5-6-16(21)18-12)19-13-3-2-4-14(11-13)20-9-7-17-8-10-20/h2-4,11,15,17,19H,1,5-10H2,(H,18,21). The number of piperidine rings is 1. The van der Waals surface area contributed by atoms with Crippen LogP contribution < -0.4 is 20.9 Å². The van der Waals surface area contributed by atoms with Crippen LogP contribution >= 0.6 is 0 Å². The highest BCUT2D eigenvalue weighted by molar-refractivity contribution is 5.79. The Bertz CT molecular complexity index is 537. The van der Waals surface area contributed by atoms with Crippen molar-refractivity contribution in [1.82, 2.24) is 10.6 Å². The van der Waals surface area contributed by atoms with Gasteiger partial charge in [-0.3, -0.25) is 4.79 Å². The van der Waals surface area contributed by atoms with Crippen LogP contribution in [-0.4, -0.2) is 38.1 Å². The first-order valence-electron chi connectivity index (χ1n) is 7.53. The Kier molecular flexibility index (Phi) is 4.10. The summed E-state index contributed by atoms with van der Waals surface area (Å²) in [6.07, 6.45) is 1.34. The molecule has 5 heteroatoms. The molecule has 1 aromatic carbocycles. The molecule has 1 amide bonds. The number of carbonyl (C=O) groups excluding carboxylic acids is 1. The van der Waals surface area contributed by atoms with Crippen molar-refractivity contribution in [3.63, 3.8) is 0 Å². The van der Waals surface area contributed by atoms with Crippen molar-refractivity contribution in [3.05, 3.63) is 36.5 Å². The Morgan fingerprint density at radius 3 is 2.86 bits per heavy atom. The molecule has 2 saturated heterocycles. The number of nitrogens with zero attached hydrogens (tertiary/aromatic N) is 1. The molecule has 0 bridgehead atoms. The molecular formula is C16H22N4O. The van der Waals surface area contributed by atoms with Crippen molar-refractivity contribution < 1.29 is 4.79 Å². The van der Waals surface area contributed by atoms with E-state index < -0.39 is 0 Å². The summed E-state index contributed by atoms with van der Waals surface area (Å²) in [4.78, 5) is 13.7. The van der Waals surface area contributed by atoms with Gasteiger partial charge in [-0.15, -0.1) is 0 Å². The average molecular weight is 286 g/mol. The van der Waals surface area contributed by atoms with Crippen molar-refractivity contribution in [2.24, 2.45) is 0 Å². The number of hydrogen-bond acceptors (Lipinski definition) is 4. The maximum atomic E-state index is 11.3. The largest absolute Gasteiger partial charge is 0.377 e. The number of carbonyl (C=O) groups is 1. The summed E-state index contributed by atoms with van der Waals surface area (Å²) in [7, 11) is 0. The molecule has 0 aromatic heterocycles. The fourth-order valence-corrected chi connectivity index (χ4v) is 2.85. The molecule has 21 heavy (non-hydrogen) atoms. The van der Waals surface area contributed by atoms with Crippen molar-refractivity contribution in [2.75, 3.05) is 36.4 Å². The molecule has 2 aliphatic rings. The van der Waals surface area contributed by atoms with E-state index in [1.54, 1.807) is 0 Å². The van der Waals surface area contributed by atoms with Crippen LogP contribution in [0.15, 0.2) is 36.5 Å². The predicted molar refractivity (Wildman–Crippen MR) is 85.5 cm³/mol. The number of hydrogen-bond donors (Lipinski definition) is 3. The van der Waals surface area contributed by atoms with E-state index in [0.717, 1.165) is 44.0 Å². The lowest BCUT2D eigenvalue weighted by molar-refractivity contribution is -0.121. The minimum absolute atomic E-state index is 0.0626. The van der Waals surface area contributed by atoms with Crippen molar-refractivity contribution in [2.45, 2.75) is 18.9 Å². The monoisotopic (exact) mass is 286 g/mol. The zero-order valence-corrected chi connectivity index (χ0v) is 12.2. The number of benzene rings is 1. The first kappa shape index (κ1) is 13.9. The second kappa shape index (κ2) is 6.18. The third-order valence-electron chi connectivity index (χ3n) is 4.05. The van der Waals surface area contributed by atoms with Crippen molar-refractivity contribution >= 4 is 17.3 Å². The summed E-state index contributed by atoms with van der Waals surface area (Å²) in [6.45, 7) is 8.08. The summed E-state index contributed by atoms with van der Waals surface area (Å²) in [5, 5.41) is 9.65. The third-order valence-corrected chi connectivity index (χ3v) is 4.05. The lowest BCUT2D eigenvalue weighted by Gasteiger charge is -2.30. The van der Waals surface area contributed by atoms with Gasteiger partial charge < -0.3 is 20.9 Å². The summed E-state index contributed by atoms with van der Waals surface area (Å²) in [6, 6.07) is 8.57. The van der Waals surface area contributed by atoms with E-state index in [2.05, 4.69) is 51.7 Å². The quantitative estimate of drug-likeness (QED) is 0.784. The van der Waals surface area contributed by atoms with Crippen LogP contribution in [0.25, 0.3) is 0 Å². The van der Waals surface area contributed by atoms with E-state index >= 15 is 0 Å². The minimum Gasteiger partial charge on any atom is -0.377 e. The van der Waals surface area contributed by atoms with Gasteiger partial charge in [-0.1, -0.05) is 12.6 Å². The lowest BCUT2D eigenvalue weighted by atomic mass is 10.0. The number of piperazine rings is 1. The van der Waals surface area contributed by atoms with Crippen LogP contribution in [0.3, 0.4) is 0 Å². The predicted octanol–water partition coefficient (Wildman–Crippen LogP) is 1.30.